The third-order valence-electron chi connectivity index (χ3n) is 2.97. The molecule has 0 saturated heterocycles. The normalized spacial score (nSPS) is 12.4. The summed E-state index contributed by atoms with van der Waals surface area (Å²) in [5.41, 5.74) is 1.62. The minimum absolute atomic E-state index is 0.0697. The van der Waals surface area contributed by atoms with Crippen LogP contribution in [0.5, 0.6) is 0 Å². The van der Waals surface area contributed by atoms with Crippen LogP contribution in [0, 0.1) is 11.6 Å². The molecule has 0 aliphatic rings. The Morgan fingerprint density at radius 2 is 1.68 bits per heavy atom. The smallest absolute Gasteiger partial charge is 0.124 e. The molecule has 0 aromatic heterocycles. The zero-order valence-corrected chi connectivity index (χ0v) is 11.7. The summed E-state index contributed by atoms with van der Waals surface area (Å²) in [5.74, 6) is -0.802. The quantitative estimate of drug-likeness (QED) is 0.898. The van der Waals surface area contributed by atoms with Crippen molar-refractivity contribution in [1.82, 2.24) is 0 Å². The fourth-order valence-corrected chi connectivity index (χ4v) is 2.55. The molecule has 0 aliphatic heterocycles. The van der Waals surface area contributed by atoms with Crippen LogP contribution in [-0.2, 0) is 6.42 Å². The molecule has 2 aromatic carbocycles. The molecular weight excluding hydrogens is 314 g/mol. The van der Waals surface area contributed by atoms with Gasteiger partial charge in [-0.3, -0.25) is 0 Å². The van der Waals surface area contributed by atoms with Gasteiger partial charge in [-0.05, 0) is 47.9 Å². The average Bonchev–Trinajstić information content (AvgIpc) is 2.36. The highest BCUT2D eigenvalue weighted by atomic mass is 79.9. The molecule has 1 unspecified atom stereocenters. The van der Waals surface area contributed by atoms with E-state index in [0.717, 1.165) is 11.1 Å². The first kappa shape index (κ1) is 14.2. The summed E-state index contributed by atoms with van der Waals surface area (Å²) >= 11 is 3.24. The van der Waals surface area contributed by atoms with Crippen molar-refractivity contribution in [2.45, 2.75) is 12.3 Å². The number of aliphatic hydroxyl groups excluding tert-OH is 1. The van der Waals surface area contributed by atoms with Crippen molar-refractivity contribution >= 4 is 15.9 Å². The van der Waals surface area contributed by atoms with E-state index < -0.39 is 0 Å². The number of halogens is 3. The highest BCUT2D eigenvalue weighted by Crippen LogP contribution is 2.23. The first-order valence-electron chi connectivity index (χ1n) is 5.90. The number of hydrogen-bond acceptors (Lipinski definition) is 1. The van der Waals surface area contributed by atoms with E-state index in [4.69, 9.17) is 0 Å². The second-order valence-electron chi connectivity index (χ2n) is 4.41. The van der Waals surface area contributed by atoms with Crippen LogP contribution >= 0.6 is 15.9 Å². The summed E-state index contributed by atoms with van der Waals surface area (Å²) in [6.07, 6.45) is 0.499. The van der Waals surface area contributed by atoms with E-state index in [2.05, 4.69) is 15.9 Å². The maximum atomic E-state index is 13.3. The van der Waals surface area contributed by atoms with Gasteiger partial charge < -0.3 is 5.11 Å². The first-order chi connectivity index (χ1) is 9.08. The Bertz CT molecular complexity index is 534. The van der Waals surface area contributed by atoms with Crippen LogP contribution in [-0.4, -0.2) is 11.7 Å². The van der Waals surface area contributed by atoms with Gasteiger partial charge in [-0.25, -0.2) is 8.78 Å². The zero-order valence-electron chi connectivity index (χ0n) is 10.1. The molecule has 0 saturated carbocycles. The van der Waals surface area contributed by atoms with Gasteiger partial charge in [0.1, 0.15) is 11.6 Å². The summed E-state index contributed by atoms with van der Waals surface area (Å²) in [6.45, 7) is -0.0697. The van der Waals surface area contributed by atoms with Gasteiger partial charge in [0.15, 0.2) is 0 Å². The van der Waals surface area contributed by atoms with Crippen molar-refractivity contribution in [3.05, 3.63) is 69.7 Å². The average molecular weight is 327 g/mol. The summed E-state index contributed by atoms with van der Waals surface area (Å²) in [4.78, 5) is 0. The van der Waals surface area contributed by atoms with E-state index in [1.54, 1.807) is 12.1 Å². The maximum Gasteiger partial charge on any atom is 0.124 e. The van der Waals surface area contributed by atoms with E-state index in [1.807, 2.05) is 6.07 Å². The Labute approximate surface area is 119 Å². The molecule has 0 spiro atoms. The van der Waals surface area contributed by atoms with Gasteiger partial charge in [-0.1, -0.05) is 28.1 Å². The Hall–Kier alpha value is -1.26. The van der Waals surface area contributed by atoms with Crippen molar-refractivity contribution in [2.75, 3.05) is 6.61 Å². The number of benzene rings is 2. The SMILES string of the molecule is OCC(Cc1cc(F)cc(Br)c1)c1ccc(F)cc1. The second kappa shape index (κ2) is 6.26. The largest absolute Gasteiger partial charge is 0.396 e. The first-order valence-corrected chi connectivity index (χ1v) is 6.69. The molecule has 0 radical (unpaired) electrons. The topological polar surface area (TPSA) is 20.2 Å². The zero-order chi connectivity index (χ0) is 13.8. The lowest BCUT2D eigenvalue weighted by Gasteiger charge is -2.15. The minimum Gasteiger partial charge on any atom is -0.396 e. The minimum atomic E-state index is -0.319. The van der Waals surface area contributed by atoms with Crippen molar-refractivity contribution < 1.29 is 13.9 Å². The predicted octanol–water partition coefficient (Wildman–Crippen LogP) is 4.05. The van der Waals surface area contributed by atoms with Crippen LogP contribution < -0.4 is 0 Å². The van der Waals surface area contributed by atoms with E-state index in [1.165, 1.54) is 24.3 Å². The summed E-state index contributed by atoms with van der Waals surface area (Å²) < 4.78 is 26.8. The molecule has 2 rings (SSSR count). The van der Waals surface area contributed by atoms with Crippen molar-refractivity contribution in [3.8, 4) is 0 Å². The number of aliphatic hydroxyl groups is 1. The molecule has 0 aliphatic carbocycles. The third kappa shape index (κ3) is 3.85. The molecule has 1 N–H and O–H groups in total. The Morgan fingerprint density at radius 1 is 1.00 bits per heavy atom. The third-order valence-corrected chi connectivity index (χ3v) is 3.42. The summed E-state index contributed by atoms with van der Waals surface area (Å²) in [7, 11) is 0. The van der Waals surface area contributed by atoms with Crippen LogP contribution in [0.3, 0.4) is 0 Å². The van der Waals surface area contributed by atoms with Gasteiger partial charge in [-0.15, -0.1) is 0 Å². The van der Waals surface area contributed by atoms with Crippen LogP contribution in [0.1, 0.15) is 17.0 Å². The molecule has 19 heavy (non-hydrogen) atoms. The van der Waals surface area contributed by atoms with Crippen LogP contribution in [0.4, 0.5) is 8.78 Å². The van der Waals surface area contributed by atoms with Gasteiger partial charge >= 0.3 is 0 Å². The van der Waals surface area contributed by atoms with Crippen LogP contribution in [0.2, 0.25) is 0 Å². The molecule has 1 nitrogen and oxygen atoms in total. The lowest BCUT2D eigenvalue weighted by Crippen LogP contribution is -2.08. The van der Waals surface area contributed by atoms with Crippen molar-refractivity contribution in [1.29, 1.82) is 0 Å². The molecule has 0 heterocycles. The Balaban J connectivity index is 2.21. The van der Waals surface area contributed by atoms with E-state index in [-0.39, 0.29) is 24.2 Å². The molecule has 2 aromatic rings. The van der Waals surface area contributed by atoms with Gasteiger partial charge in [0.2, 0.25) is 0 Å². The fraction of sp³-hybridized carbons (Fsp3) is 0.200. The lowest BCUT2D eigenvalue weighted by molar-refractivity contribution is 0.264. The number of rotatable bonds is 4. The monoisotopic (exact) mass is 326 g/mol. The van der Waals surface area contributed by atoms with Gasteiger partial charge in [0, 0.05) is 10.4 Å². The fourth-order valence-electron chi connectivity index (χ4n) is 2.04. The highest BCUT2D eigenvalue weighted by molar-refractivity contribution is 9.10. The predicted molar refractivity (Wildman–Crippen MR) is 74.0 cm³/mol. The molecule has 1 atom stereocenters. The van der Waals surface area contributed by atoms with Crippen molar-refractivity contribution in [2.24, 2.45) is 0 Å². The molecule has 0 amide bonds. The maximum absolute atomic E-state index is 13.3. The van der Waals surface area contributed by atoms with Gasteiger partial charge in [0.25, 0.3) is 0 Å². The molecule has 0 bridgehead atoms. The molecular formula is C15H13BrF2O. The Kier molecular flexibility index (Phi) is 4.66. The van der Waals surface area contributed by atoms with Crippen LogP contribution in [0.15, 0.2) is 46.9 Å². The van der Waals surface area contributed by atoms with Gasteiger partial charge in [-0.2, -0.15) is 0 Å². The van der Waals surface area contributed by atoms with E-state index >= 15 is 0 Å². The van der Waals surface area contributed by atoms with Crippen molar-refractivity contribution in [3.63, 3.8) is 0 Å². The van der Waals surface area contributed by atoms with Gasteiger partial charge in [0.05, 0.1) is 6.61 Å². The molecule has 4 heteroatoms. The lowest BCUT2D eigenvalue weighted by atomic mass is 9.93. The highest BCUT2D eigenvalue weighted by Gasteiger charge is 2.12. The van der Waals surface area contributed by atoms with E-state index in [9.17, 15) is 13.9 Å². The van der Waals surface area contributed by atoms with E-state index in [0.29, 0.717) is 10.9 Å². The summed E-state index contributed by atoms with van der Waals surface area (Å²) in [5, 5.41) is 9.45. The second-order valence-corrected chi connectivity index (χ2v) is 5.33. The Morgan fingerprint density at radius 3 is 2.26 bits per heavy atom. The molecule has 100 valence electrons. The van der Waals surface area contributed by atoms with Crippen LogP contribution in [0.25, 0.3) is 0 Å². The number of hydrogen-bond donors (Lipinski definition) is 1. The standard InChI is InChI=1S/C15H13BrF2O/c16-13-6-10(7-15(18)8-13)5-12(9-19)11-1-3-14(17)4-2-11/h1-4,6-8,12,19H,5,9H2. The summed E-state index contributed by atoms with van der Waals surface area (Å²) in [6, 6.07) is 10.6. The molecule has 0 fully saturated rings.